The molecule has 0 saturated carbocycles. The van der Waals surface area contributed by atoms with Gasteiger partial charge in [0, 0.05) is 32.8 Å². The van der Waals surface area contributed by atoms with E-state index < -0.39 is 0 Å². The predicted octanol–water partition coefficient (Wildman–Crippen LogP) is 15.0. The molecule has 11 aromatic rings. The van der Waals surface area contributed by atoms with Crippen molar-refractivity contribution in [1.29, 1.82) is 0 Å². The summed E-state index contributed by atoms with van der Waals surface area (Å²) in [4.78, 5) is 0. The van der Waals surface area contributed by atoms with Gasteiger partial charge in [0.15, 0.2) is 0 Å². The van der Waals surface area contributed by atoms with Crippen molar-refractivity contribution in [3.05, 3.63) is 212 Å². The summed E-state index contributed by atoms with van der Waals surface area (Å²) in [7, 11) is 0. The van der Waals surface area contributed by atoms with Crippen molar-refractivity contribution < 1.29 is 4.42 Å². The summed E-state index contributed by atoms with van der Waals surface area (Å²) < 4.78 is 9.11. The molecule has 0 aliphatic carbocycles. The maximum Gasteiger partial charge on any atom is 0.143 e. The zero-order chi connectivity index (χ0) is 37.0. The van der Waals surface area contributed by atoms with Crippen molar-refractivity contribution in [3.8, 4) is 61.3 Å². The Morgan fingerprint density at radius 3 is 1.41 bits per heavy atom. The van der Waals surface area contributed by atoms with Gasteiger partial charge in [-0.15, -0.1) is 0 Å². The number of hydrogen-bond acceptors (Lipinski definition) is 1. The van der Waals surface area contributed by atoms with Crippen LogP contribution in [0.3, 0.4) is 0 Å². The first-order valence-electron chi connectivity index (χ1n) is 19.2. The van der Waals surface area contributed by atoms with Crippen LogP contribution in [-0.2, 0) is 0 Å². The molecular formula is C54H35NO. The van der Waals surface area contributed by atoms with Crippen LogP contribution in [0.15, 0.2) is 217 Å². The second-order valence-corrected chi connectivity index (χ2v) is 14.4. The minimum atomic E-state index is 0.879. The van der Waals surface area contributed by atoms with Crippen LogP contribution in [0.25, 0.3) is 105 Å². The maximum absolute atomic E-state index is 6.74. The van der Waals surface area contributed by atoms with Crippen LogP contribution < -0.4 is 0 Å². The number of nitrogens with zero attached hydrogens (tertiary/aromatic N) is 1. The quantitative estimate of drug-likeness (QED) is 0.168. The standard InChI is InChI=1S/C54H35NO/c1-2-16-36(17-3-1)40-20-4-6-22-43(40)45-24-8-9-25-46(45)44-23-7-5-21-41(44)38-32-33-53-50(35-38)49-29-15-28-42(54(49)56-53)37-18-14-19-39(34-37)55-51-30-12-10-26-47(51)48-27-11-13-31-52(48)55/h1-35H. The SMILES string of the molecule is c1ccc(-c2ccccc2-c2ccccc2-c2ccccc2-c2ccc3oc4c(-c5cccc(-n6c7ccccc7c7ccccc76)c5)cccc4c3c2)cc1. The smallest absolute Gasteiger partial charge is 0.143 e. The van der Waals surface area contributed by atoms with Crippen molar-refractivity contribution in [2.45, 2.75) is 0 Å². The fourth-order valence-corrected chi connectivity index (χ4v) is 8.72. The third kappa shape index (κ3) is 5.19. The average molecular weight is 714 g/mol. The molecule has 2 nitrogen and oxygen atoms in total. The Morgan fingerprint density at radius 1 is 0.286 bits per heavy atom. The highest BCUT2D eigenvalue weighted by Crippen LogP contribution is 2.44. The minimum absolute atomic E-state index is 0.879. The van der Waals surface area contributed by atoms with Crippen LogP contribution in [0.1, 0.15) is 0 Å². The molecule has 0 N–H and O–H groups in total. The first kappa shape index (κ1) is 32.0. The Bertz CT molecular complexity index is 3200. The van der Waals surface area contributed by atoms with Gasteiger partial charge < -0.3 is 8.98 Å². The van der Waals surface area contributed by atoms with Crippen LogP contribution in [0.4, 0.5) is 0 Å². The Labute approximate surface area is 325 Å². The fourth-order valence-electron chi connectivity index (χ4n) is 8.72. The maximum atomic E-state index is 6.74. The number of fused-ring (bicyclic) bond motifs is 6. The van der Waals surface area contributed by atoms with Gasteiger partial charge in [0.05, 0.1) is 11.0 Å². The molecule has 0 spiro atoms. The molecule has 0 aliphatic heterocycles. The van der Waals surface area contributed by atoms with Gasteiger partial charge in [-0.2, -0.15) is 0 Å². The number of aromatic nitrogens is 1. The van der Waals surface area contributed by atoms with E-state index in [9.17, 15) is 0 Å². The first-order valence-corrected chi connectivity index (χ1v) is 19.2. The number of benzene rings is 9. The second-order valence-electron chi connectivity index (χ2n) is 14.4. The molecule has 0 radical (unpaired) electrons. The van der Waals surface area contributed by atoms with E-state index in [1.165, 1.54) is 60.8 Å². The Morgan fingerprint density at radius 2 is 0.750 bits per heavy atom. The number of rotatable bonds is 6. The Balaban J connectivity index is 1.03. The van der Waals surface area contributed by atoms with Gasteiger partial charge in [0.25, 0.3) is 0 Å². The van der Waals surface area contributed by atoms with E-state index in [1.807, 2.05) is 0 Å². The van der Waals surface area contributed by atoms with E-state index in [2.05, 4.69) is 217 Å². The molecule has 0 atom stereocenters. The van der Waals surface area contributed by atoms with E-state index in [4.69, 9.17) is 4.42 Å². The van der Waals surface area contributed by atoms with Crippen LogP contribution >= 0.6 is 0 Å². The molecule has 262 valence electrons. The summed E-state index contributed by atoms with van der Waals surface area (Å²) in [5, 5.41) is 4.73. The van der Waals surface area contributed by atoms with Crippen LogP contribution in [0.5, 0.6) is 0 Å². The average Bonchev–Trinajstić information content (AvgIpc) is 3.82. The summed E-state index contributed by atoms with van der Waals surface area (Å²) in [6.45, 7) is 0. The zero-order valence-electron chi connectivity index (χ0n) is 30.6. The Hall–Kier alpha value is -7.42. The molecule has 0 aliphatic rings. The van der Waals surface area contributed by atoms with Gasteiger partial charge in [0.1, 0.15) is 11.2 Å². The van der Waals surface area contributed by atoms with Gasteiger partial charge in [-0.05, 0) is 86.5 Å². The lowest BCUT2D eigenvalue weighted by molar-refractivity contribution is 0.670. The van der Waals surface area contributed by atoms with Gasteiger partial charge in [-0.1, -0.05) is 176 Å². The summed E-state index contributed by atoms with van der Waals surface area (Å²) >= 11 is 0. The van der Waals surface area contributed by atoms with Crippen molar-refractivity contribution in [3.63, 3.8) is 0 Å². The van der Waals surface area contributed by atoms with E-state index in [-0.39, 0.29) is 0 Å². The second kappa shape index (κ2) is 13.2. The molecule has 11 rings (SSSR count). The molecule has 0 amide bonds. The summed E-state index contributed by atoms with van der Waals surface area (Å²) in [6.07, 6.45) is 0. The predicted molar refractivity (Wildman–Crippen MR) is 235 cm³/mol. The molecule has 0 unspecified atom stereocenters. The number of furan rings is 1. The zero-order valence-corrected chi connectivity index (χ0v) is 30.6. The van der Waals surface area contributed by atoms with E-state index in [0.717, 1.165) is 44.3 Å². The molecule has 2 heteroatoms. The lowest BCUT2D eigenvalue weighted by Gasteiger charge is -2.17. The highest BCUT2D eigenvalue weighted by Gasteiger charge is 2.18. The monoisotopic (exact) mass is 713 g/mol. The van der Waals surface area contributed by atoms with Crippen molar-refractivity contribution in [2.75, 3.05) is 0 Å². The van der Waals surface area contributed by atoms with Crippen LogP contribution in [-0.4, -0.2) is 4.57 Å². The van der Waals surface area contributed by atoms with Crippen molar-refractivity contribution in [1.82, 2.24) is 4.57 Å². The van der Waals surface area contributed by atoms with E-state index in [0.29, 0.717) is 0 Å². The molecule has 9 aromatic carbocycles. The van der Waals surface area contributed by atoms with Crippen molar-refractivity contribution in [2.24, 2.45) is 0 Å². The minimum Gasteiger partial charge on any atom is -0.455 e. The molecule has 2 aromatic heterocycles. The van der Waals surface area contributed by atoms with E-state index >= 15 is 0 Å². The van der Waals surface area contributed by atoms with Gasteiger partial charge in [0.2, 0.25) is 0 Å². The summed E-state index contributed by atoms with van der Waals surface area (Å²) in [6, 6.07) is 76.2. The summed E-state index contributed by atoms with van der Waals surface area (Å²) in [5.41, 5.74) is 17.1. The van der Waals surface area contributed by atoms with Gasteiger partial charge >= 0.3 is 0 Å². The van der Waals surface area contributed by atoms with Gasteiger partial charge in [-0.25, -0.2) is 0 Å². The van der Waals surface area contributed by atoms with Gasteiger partial charge in [-0.3, -0.25) is 0 Å². The first-order chi connectivity index (χ1) is 27.8. The van der Waals surface area contributed by atoms with Crippen molar-refractivity contribution >= 4 is 43.7 Å². The molecule has 2 heterocycles. The van der Waals surface area contributed by atoms with Crippen LogP contribution in [0, 0.1) is 0 Å². The highest BCUT2D eigenvalue weighted by atomic mass is 16.3. The largest absolute Gasteiger partial charge is 0.455 e. The molecular weight excluding hydrogens is 679 g/mol. The number of hydrogen-bond donors (Lipinski definition) is 0. The lowest BCUT2D eigenvalue weighted by atomic mass is 9.86. The Kier molecular flexibility index (Phi) is 7.53. The topological polar surface area (TPSA) is 18.1 Å². The fraction of sp³-hybridized carbons (Fsp3) is 0. The van der Waals surface area contributed by atoms with E-state index in [1.54, 1.807) is 0 Å². The molecule has 56 heavy (non-hydrogen) atoms. The van der Waals surface area contributed by atoms with Crippen LogP contribution in [0.2, 0.25) is 0 Å². The summed E-state index contributed by atoms with van der Waals surface area (Å²) in [5.74, 6) is 0. The third-order valence-electron chi connectivity index (χ3n) is 11.2. The number of para-hydroxylation sites is 3. The lowest BCUT2D eigenvalue weighted by Crippen LogP contribution is -1.94. The third-order valence-corrected chi connectivity index (χ3v) is 11.2. The molecule has 0 fully saturated rings. The normalized spacial score (nSPS) is 11.6. The molecule has 0 saturated heterocycles. The highest BCUT2D eigenvalue weighted by molar-refractivity contribution is 6.12. The molecule has 0 bridgehead atoms.